The fourth-order valence-corrected chi connectivity index (χ4v) is 1.51. The van der Waals surface area contributed by atoms with E-state index in [1.807, 2.05) is 0 Å². The fourth-order valence-electron chi connectivity index (χ4n) is 1.51. The Labute approximate surface area is 119 Å². The molecule has 0 spiro atoms. The molecule has 5 N–H and O–H groups in total. The molecular formula is C12H14N6O3. The average molecular weight is 290 g/mol. The number of hydrogen-bond donors (Lipinski definition) is 3. The molecule has 9 heteroatoms. The minimum Gasteiger partial charge on any atom is -0.504 e. The highest BCUT2D eigenvalue weighted by Gasteiger charge is 2.10. The van der Waals surface area contributed by atoms with Gasteiger partial charge in [0.15, 0.2) is 28.8 Å². The van der Waals surface area contributed by atoms with Crippen LogP contribution in [-0.2, 0) is 0 Å². The van der Waals surface area contributed by atoms with Crippen LogP contribution in [0, 0.1) is 0 Å². The van der Waals surface area contributed by atoms with E-state index in [0.29, 0.717) is 17.0 Å². The van der Waals surface area contributed by atoms with Gasteiger partial charge in [-0.25, -0.2) is 4.63 Å². The molecule has 0 aliphatic heterocycles. The van der Waals surface area contributed by atoms with Crippen LogP contribution >= 0.6 is 0 Å². The normalized spacial score (nSPS) is 12.5. The number of hydrogen-bond acceptors (Lipinski definition) is 8. The molecule has 0 amide bonds. The third-order valence-electron chi connectivity index (χ3n) is 2.66. The second kappa shape index (κ2) is 5.90. The van der Waals surface area contributed by atoms with Crippen molar-refractivity contribution in [2.24, 2.45) is 15.9 Å². The molecule has 0 radical (unpaired) electrons. The summed E-state index contributed by atoms with van der Waals surface area (Å²) in [5.74, 6) is 0.400. The van der Waals surface area contributed by atoms with E-state index < -0.39 is 0 Å². The number of nitrogens with zero attached hydrogens (tertiary/aromatic N) is 4. The quantitative estimate of drug-likeness (QED) is 0.422. The van der Waals surface area contributed by atoms with Crippen LogP contribution in [0.4, 0.5) is 5.82 Å². The number of aromatic hydroxyl groups is 1. The van der Waals surface area contributed by atoms with E-state index in [4.69, 9.17) is 16.2 Å². The van der Waals surface area contributed by atoms with Gasteiger partial charge in [-0.3, -0.25) is 0 Å². The first-order chi connectivity index (χ1) is 10.0. The molecule has 0 saturated carbocycles. The van der Waals surface area contributed by atoms with E-state index >= 15 is 0 Å². The van der Waals surface area contributed by atoms with Crippen LogP contribution in [-0.4, -0.2) is 34.1 Å². The zero-order valence-corrected chi connectivity index (χ0v) is 11.4. The summed E-state index contributed by atoms with van der Waals surface area (Å²) in [6.07, 6.45) is 0. The maximum atomic E-state index is 9.54. The Morgan fingerprint density at radius 2 is 2.10 bits per heavy atom. The minimum absolute atomic E-state index is 0.0150. The van der Waals surface area contributed by atoms with Crippen molar-refractivity contribution in [2.45, 2.75) is 6.92 Å². The van der Waals surface area contributed by atoms with Gasteiger partial charge in [0.2, 0.25) is 0 Å². The van der Waals surface area contributed by atoms with Gasteiger partial charge in [0, 0.05) is 5.56 Å². The third-order valence-corrected chi connectivity index (χ3v) is 2.66. The van der Waals surface area contributed by atoms with Crippen molar-refractivity contribution in [3.8, 4) is 11.5 Å². The number of nitrogen functional groups attached to an aromatic ring is 1. The molecule has 2 aromatic rings. The second-order valence-electron chi connectivity index (χ2n) is 4.06. The third kappa shape index (κ3) is 3.08. The Morgan fingerprint density at radius 1 is 1.33 bits per heavy atom. The Hall–Kier alpha value is -3.10. The van der Waals surface area contributed by atoms with Crippen LogP contribution in [0.2, 0.25) is 0 Å². The van der Waals surface area contributed by atoms with Crippen LogP contribution in [0.25, 0.3) is 0 Å². The second-order valence-corrected chi connectivity index (χ2v) is 4.06. The topological polar surface area (TPSA) is 145 Å². The van der Waals surface area contributed by atoms with E-state index in [1.165, 1.54) is 13.2 Å². The molecule has 21 heavy (non-hydrogen) atoms. The van der Waals surface area contributed by atoms with Gasteiger partial charge >= 0.3 is 0 Å². The van der Waals surface area contributed by atoms with Gasteiger partial charge in [-0.2, -0.15) is 5.10 Å². The highest BCUT2D eigenvalue weighted by atomic mass is 16.6. The van der Waals surface area contributed by atoms with Gasteiger partial charge in [0.1, 0.15) is 0 Å². The number of amidine groups is 1. The minimum atomic E-state index is -0.0150. The molecule has 0 unspecified atom stereocenters. The molecule has 0 bridgehead atoms. The first-order valence-electron chi connectivity index (χ1n) is 5.86. The number of rotatable bonds is 4. The lowest BCUT2D eigenvalue weighted by molar-refractivity contribution is 0.308. The number of benzene rings is 1. The van der Waals surface area contributed by atoms with Crippen LogP contribution < -0.4 is 16.2 Å². The SMILES string of the molecule is COc1cc(/C(C)=N\N=C(\N)c2nonc2N)ccc1O. The lowest BCUT2D eigenvalue weighted by Gasteiger charge is -2.05. The lowest BCUT2D eigenvalue weighted by Crippen LogP contribution is -2.15. The summed E-state index contributed by atoms with van der Waals surface area (Å²) in [5, 5.41) is 24.2. The fraction of sp³-hybridized carbons (Fsp3) is 0.167. The van der Waals surface area contributed by atoms with Gasteiger partial charge in [-0.05, 0) is 35.4 Å². The molecule has 1 aromatic heterocycles. The first-order valence-corrected chi connectivity index (χ1v) is 5.86. The predicted molar refractivity (Wildman–Crippen MR) is 76.3 cm³/mol. The average Bonchev–Trinajstić information content (AvgIpc) is 2.91. The van der Waals surface area contributed by atoms with E-state index in [-0.39, 0.29) is 23.1 Å². The molecule has 1 heterocycles. The molecule has 2 rings (SSSR count). The number of ether oxygens (including phenoxy) is 1. The van der Waals surface area contributed by atoms with Crippen LogP contribution in [0.15, 0.2) is 33.0 Å². The molecule has 0 aliphatic carbocycles. The summed E-state index contributed by atoms with van der Waals surface area (Å²) < 4.78 is 9.45. The monoisotopic (exact) mass is 290 g/mol. The first kappa shape index (κ1) is 14.3. The van der Waals surface area contributed by atoms with Gasteiger partial charge < -0.3 is 21.3 Å². The van der Waals surface area contributed by atoms with Gasteiger partial charge in [-0.15, -0.1) is 5.10 Å². The highest BCUT2D eigenvalue weighted by Crippen LogP contribution is 2.26. The molecule has 0 fully saturated rings. The number of anilines is 1. The molecule has 9 nitrogen and oxygen atoms in total. The zero-order chi connectivity index (χ0) is 15.4. The summed E-state index contributed by atoms with van der Waals surface area (Å²) in [5.41, 5.74) is 12.6. The summed E-state index contributed by atoms with van der Waals surface area (Å²) in [6, 6.07) is 4.81. The van der Waals surface area contributed by atoms with E-state index in [9.17, 15) is 5.11 Å². The summed E-state index contributed by atoms with van der Waals surface area (Å²) in [6.45, 7) is 1.73. The number of nitrogens with two attached hydrogens (primary N) is 2. The van der Waals surface area contributed by atoms with Gasteiger partial charge in [0.25, 0.3) is 0 Å². The molecule has 0 aliphatic rings. The zero-order valence-electron chi connectivity index (χ0n) is 11.4. The van der Waals surface area contributed by atoms with Gasteiger partial charge in [0.05, 0.1) is 12.8 Å². The molecule has 0 atom stereocenters. The number of phenols is 1. The molecule has 0 saturated heterocycles. The Kier molecular flexibility index (Phi) is 4.02. The Balaban J connectivity index is 2.27. The maximum Gasteiger partial charge on any atom is 0.199 e. The van der Waals surface area contributed by atoms with Crippen LogP contribution in [0.1, 0.15) is 18.2 Å². The molecule has 1 aromatic carbocycles. The maximum absolute atomic E-state index is 9.54. The number of methoxy groups -OCH3 is 1. The van der Waals surface area contributed by atoms with Crippen molar-refractivity contribution in [1.29, 1.82) is 0 Å². The van der Waals surface area contributed by atoms with Crippen LogP contribution in [0.3, 0.4) is 0 Å². The lowest BCUT2D eigenvalue weighted by atomic mass is 10.1. The molecular weight excluding hydrogens is 276 g/mol. The summed E-state index contributed by atoms with van der Waals surface area (Å²) in [4.78, 5) is 0. The number of aromatic nitrogens is 2. The predicted octanol–water partition coefficient (Wildman–Crippen LogP) is 0.495. The van der Waals surface area contributed by atoms with E-state index in [2.05, 4.69) is 25.1 Å². The van der Waals surface area contributed by atoms with E-state index in [1.54, 1.807) is 19.1 Å². The van der Waals surface area contributed by atoms with Crippen LogP contribution in [0.5, 0.6) is 11.5 Å². The largest absolute Gasteiger partial charge is 0.504 e. The van der Waals surface area contributed by atoms with E-state index in [0.717, 1.165) is 0 Å². The standard InChI is InChI=1S/C12H14N6O3/c1-6(7-3-4-8(19)9(5-7)20-2)15-16-11(13)10-12(14)18-21-17-10/h3-5,19H,1-2H3,(H2,13,16)(H2,14,18)/b15-6-. The summed E-state index contributed by atoms with van der Waals surface area (Å²) >= 11 is 0. The Bertz CT molecular complexity index is 707. The van der Waals surface area contributed by atoms with Crippen molar-refractivity contribution in [3.63, 3.8) is 0 Å². The van der Waals surface area contributed by atoms with Crippen molar-refractivity contribution in [3.05, 3.63) is 29.5 Å². The summed E-state index contributed by atoms with van der Waals surface area (Å²) in [7, 11) is 1.46. The van der Waals surface area contributed by atoms with Crippen molar-refractivity contribution in [2.75, 3.05) is 12.8 Å². The number of phenolic OH excluding ortho intramolecular Hbond substituents is 1. The van der Waals surface area contributed by atoms with Crippen molar-refractivity contribution < 1.29 is 14.5 Å². The van der Waals surface area contributed by atoms with Crippen molar-refractivity contribution >= 4 is 17.4 Å². The van der Waals surface area contributed by atoms with Crippen molar-refractivity contribution in [1.82, 2.24) is 10.3 Å². The van der Waals surface area contributed by atoms with Gasteiger partial charge in [-0.1, -0.05) is 0 Å². The highest BCUT2D eigenvalue weighted by molar-refractivity contribution is 6.02. The Morgan fingerprint density at radius 3 is 2.71 bits per heavy atom. The molecule has 110 valence electrons. The smallest absolute Gasteiger partial charge is 0.199 e.